The number of unbranched alkanes of at least 4 members (excludes halogenated alkanes) is 3. The number of benzene rings is 1. The van der Waals surface area contributed by atoms with Gasteiger partial charge in [-0.2, -0.15) is 4.98 Å². The lowest BCUT2D eigenvalue weighted by molar-refractivity contribution is 0.340. The smallest absolute Gasteiger partial charge is 0.332 e. The van der Waals surface area contributed by atoms with Gasteiger partial charge < -0.3 is 14.2 Å². The maximum atomic E-state index is 13.4. The van der Waals surface area contributed by atoms with Gasteiger partial charge in [-0.25, -0.2) is 4.79 Å². The molecule has 0 fully saturated rings. The van der Waals surface area contributed by atoms with Crippen LogP contribution in [0.15, 0.2) is 33.9 Å². The average molecular weight is 440 g/mol. The summed E-state index contributed by atoms with van der Waals surface area (Å²) >= 11 is 0. The van der Waals surface area contributed by atoms with Crippen LogP contribution in [-0.4, -0.2) is 31.8 Å². The third-order valence-electron chi connectivity index (χ3n) is 6.14. The summed E-state index contributed by atoms with van der Waals surface area (Å²) in [6, 6.07) is 7.92. The van der Waals surface area contributed by atoms with E-state index in [1.54, 1.807) is 7.05 Å². The topological polar surface area (TPSA) is 74.3 Å². The van der Waals surface area contributed by atoms with Crippen LogP contribution in [0.4, 0.5) is 11.6 Å². The summed E-state index contributed by atoms with van der Waals surface area (Å²) in [6.45, 7) is 8.83. The van der Waals surface area contributed by atoms with Crippen molar-refractivity contribution >= 4 is 22.8 Å². The second kappa shape index (κ2) is 9.22. The fourth-order valence-corrected chi connectivity index (χ4v) is 4.51. The molecule has 0 N–H and O–H groups in total. The molecule has 0 spiro atoms. The van der Waals surface area contributed by atoms with Crippen molar-refractivity contribution < 1.29 is 4.74 Å². The highest BCUT2D eigenvalue weighted by molar-refractivity contribution is 5.77. The molecule has 0 saturated heterocycles. The highest BCUT2D eigenvalue weighted by Gasteiger charge is 2.29. The third kappa shape index (κ3) is 3.94. The number of aromatic nitrogens is 4. The molecule has 3 aromatic rings. The van der Waals surface area contributed by atoms with E-state index in [0.717, 1.165) is 43.7 Å². The fourth-order valence-electron chi connectivity index (χ4n) is 4.51. The Bertz CT molecular complexity index is 1210. The van der Waals surface area contributed by atoms with Crippen molar-refractivity contribution in [3.05, 3.63) is 45.1 Å². The molecular formula is C24H33N5O3. The summed E-state index contributed by atoms with van der Waals surface area (Å²) < 4.78 is 10.5. The first-order valence-corrected chi connectivity index (χ1v) is 11.7. The number of hydrogen-bond donors (Lipinski definition) is 0. The minimum atomic E-state index is -0.296. The molecule has 1 aliphatic heterocycles. The summed E-state index contributed by atoms with van der Waals surface area (Å²) in [5.74, 6) is 1.85. The van der Waals surface area contributed by atoms with Gasteiger partial charge in [0.15, 0.2) is 11.2 Å². The van der Waals surface area contributed by atoms with Gasteiger partial charge in [-0.3, -0.25) is 13.9 Å². The summed E-state index contributed by atoms with van der Waals surface area (Å²) in [4.78, 5) is 33.3. The molecule has 32 heavy (non-hydrogen) atoms. The first-order valence-electron chi connectivity index (χ1n) is 11.7. The van der Waals surface area contributed by atoms with Crippen molar-refractivity contribution in [3.8, 4) is 5.75 Å². The third-order valence-corrected chi connectivity index (χ3v) is 6.14. The number of imidazole rings is 1. The molecule has 0 unspecified atom stereocenters. The van der Waals surface area contributed by atoms with Crippen molar-refractivity contribution in [3.63, 3.8) is 0 Å². The molecule has 172 valence electrons. The van der Waals surface area contributed by atoms with Crippen molar-refractivity contribution in [2.75, 3.05) is 18.1 Å². The predicted octanol–water partition coefficient (Wildman–Crippen LogP) is 3.66. The SMILES string of the molecule is CCCCCCn1c(=O)c2c(nc3n2C[C@@H](C)CN3c2ccc(OCC)cc2)n(C)c1=O. The van der Waals surface area contributed by atoms with E-state index < -0.39 is 0 Å². The van der Waals surface area contributed by atoms with Gasteiger partial charge in [0, 0.05) is 32.4 Å². The zero-order valence-corrected chi connectivity index (χ0v) is 19.5. The largest absolute Gasteiger partial charge is 0.494 e. The number of aryl methyl sites for hydroxylation is 1. The summed E-state index contributed by atoms with van der Waals surface area (Å²) in [7, 11) is 1.70. The Kier molecular flexibility index (Phi) is 6.39. The minimum Gasteiger partial charge on any atom is -0.494 e. The quantitative estimate of drug-likeness (QED) is 0.501. The van der Waals surface area contributed by atoms with Crippen molar-refractivity contribution in [2.24, 2.45) is 13.0 Å². The summed E-state index contributed by atoms with van der Waals surface area (Å²) in [5, 5.41) is 0. The Labute approximate surface area is 188 Å². The van der Waals surface area contributed by atoms with Gasteiger partial charge in [-0.15, -0.1) is 0 Å². The van der Waals surface area contributed by atoms with E-state index in [0.29, 0.717) is 42.7 Å². The number of anilines is 2. The van der Waals surface area contributed by atoms with Crippen LogP contribution in [-0.2, 0) is 20.1 Å². The normalized spacial score (nSPS) is 15.9. The number of rotatable bonds is 8. The Morgan fingerprint density at radius 1 is 1.06 bits per heavy atom. The molecule has 0 bridgehead atoms. The van der Waals surface area contributed by atoms with E-state index in [1.165, 1.54) is 9.13 Å². The molecular weight excluding hydrogens is 406 g/mol. The molecule has 4 rings (SSSR count). The first kappa shape index (κ1) is 22.2. The molecule has 8 heteroatoms. The molecule has 1 aromatic carbocycles. The lowest BCUT2D eigenvalue weighted by Gasteiger charge is -2.33. The predicted molar refractivity (Wildman–Crippen MR) is 127 cm³/mol. The van der Waals surface area contributed by atoms with Crippen LogP contribution < -0.4 is 20.9 Å². The molecule has 3 heterocycles. The van der Waals surface area contributed by atoms with Crippen molar-refractivity contribution in [1.82, 2.24) is 18.7 Å². The average Bonchev–Trinajstić information content (AvgIpc) is 3.17. The molecule has 8 nitrogen and oxygen atoms in total. The maximum absolute atomic E-state index is 13.4. The number of hydrogen-bond acceptors (Lipinski definition) is 5. The van der Waals surface area contributed by atoms with Gasteiger partial charge in [-0.1, -0.05) is 33.1 Å². The number of fused-ring (bicyclic) bond motifs is 3. The lowest BCUT2D eigenvalue weighted by atomic mass is 10.1. The molecule has 0 amide bonds. The van der Waals surface area contributed by atoms with Gasteiger partial charge >= 0.3 is 5.69 Å². The van der Waals surface area contributed by atoms with Crippen LogP contribution in [0, 0.1) is 5.92 Å². The Balaban J connectivity index is 1.80. The van der Waals surface area contributed by atoms with Gasteiger partial charge in [0.05, 0.1) is 6.61 Å². The van der Waals surface area contributed by atoms with Gasteiger partial charge in [-0.05, 0) is 43.5 Å². The van der Waals surface area contributed by atoms with Crippen molar-refractivity contribution in [1.29, 1.82) is 0 Å². The highest BCUT2D eigenvalue weighted by atomic mass is 16.5. The van der Waals surface area contributed by atoms with Crippen LogP contribution in [0.1, 0.15) is 46.5 Å². The molecule has 0 radical (unpaired) electrons. The van der Waals surface area contributed by atoms with E-state index in [4.69, 9.17) is 9.72 Å². The van der Waals surface area contributed by atoms with Crippen LogP contribution in [0.3, 0.4) is 0 Å². The second-order valence-electron chi connectivity index (χ2n) is 8.70. The monoisotopic (exact) mass is 439 g/mol. The Hall–Kier alpha value is -3.03. The molecule has 2 aromatic heterocycles. The lowest BCUT2D eigenvalue weighted by Crippen LogP contribution is -2.40. The van der Waals surface area contributed by atoms with E-state index >= 15 is 0 Å². The van der Waals surface area contributed by atoms with E-state index in [-0.39, 0.29) is 11.2 Å². The second-order valence-corrected chi connectivity index (χ2v) is 8.70. The molecule has 1 aliphatic rings. The van der Waals surface area contributed by atoms with E-state index in [1.807, 2.05) is 35.8 Å². The summed E-state index contributed by atoms with van der Waals surface area (Å²) in [6.07, 6.45) is 4.05. The minimum absolute atomic E-state index is 0.237. The van der Waals surface area contributed by atoms with Crippen LogP contribution >= 0.6 is 0 Å². The van der Waals surface area contributed by atoms with Gasteiger partial charge in [0.2, 0.25) is 5.95 Å². The van der Waals surface area contributed by atoms with Gasteiger partial charge in [0.25, 0.3) is 5.56 Å². The highest BCUT2D eigenvalue weighted by Crippen LogP contribution is 2.33. The van der Waals surface area contributed by atoms with E-state index in [2.05, 4.69) is 18.7 Å². The van der Waals surface area contributed by atoms with E-state index in [9.17, 15) is 9.59 Å². The van der Waals surface area contributed by atoms with Crippen LogP contribution in [0.2, 0.25) is 0 Å². The number of ether oxygens (including phenoxy) is 1. The standard InChI is InChI=1S/C24H33N5O3/c1-5-7-8-9-14-27-22(30)20-21(26(4)24(27)31)25-23-28(15-17(3)16-29(20)23)18-10-12-19(13-11-18)32-6-2/h10-13,17H,5-9,14-16H2,1-4H3/t17-/m0/s1. The zero-order chi connectivity index (χ0) is 22.8. The van der Waals surface area contributed by atoms with Gasteiger partial charge in [0.1, 0.15) is 5.75 Å². The number of nitrogens with zero attached hydrogens (tertiary/aromatic N) is 5. The van der Waals surface area contributed by atoms with Crippen molar-refractivity contribution in [2.45, 2.75) is 59.5 Å². The Morgan fingerprint density at radius 3 is 2.50 bits per heavy atom. The maximum Gasteiger partial charge on any atom is 0.332 e. The van der Waals surface area contributed by atoms with Crippen LogP contribution in [0.25, 0.3) is 11.2 Å². The van der Waals surface area contributed by atoms with Crippen LogP contribution in [0.5, 0.6) is 5.75 Å². The molecule has 0 saturated carbocycles. The fraction of sp³-hybridized carbons (Fsp3) is 0.542. The molecule has 1 atom stereocenters. The first-order chi connectivity index (χ1) is 15.5. The zero-order valence-electron chi connectivity index (χ0n) is 19.5. The summed E-state index contributed by atoms with van der Waals surface area (Å²) in [5.41, 5.74) is 1.42. The molecule has 0 aliphatic carbocycles. The Morgan fingerprint density at radius 2 is 1.81 bits per heavy atom.